The fraction of sp³-hybridized carbons (Fsp3) is 0. The fourth-order valence-corrected chi connectivity index (χ4v) is 3.40. The molecule has 1 heterocycles. The van der Waals surface area contributed by atoms with Crippen molar-refractivity contribution in [2.75, 3.05) is 0 Å². The van der Waals surface area contributed by atoms with E-state index in [9.17, 15) is 0 Å². The maximum Gasteiger partial charge on any atom is 0.0626 e. The van der Waals surface area contributed by atoms with Crippen LogP contribution in [0.5, 0.6) is 0 Å². The van der Waals surface area contributed by atoms with Gasteiger partial charge in [0.25, 0.3) is 0 Å². The number of hydrogen-bond donors (Lipinski definition) is 0. The van der Waals surface area contributed by atoms with E-state index in [1.807, 2.05) is 0 Å². The van der Waals surface area contributed by atoms with Crippen molar-refractivity contribution in [2.45, 2.75) is 0 Å². The van der Waals surface area contributed by atoms with Gasteiger partial charge in [-0.25, -0.2) is 0 Å². The first-order valence-electron chi connectivity index (χ1n) is 7.81. The van der Waals surface area contributed by atoms with Gasteiger partial charge in [0.05, 0.1) is 11.0 Å². The standard InChI is InChI=1S/C22H14N/c1-2-10-18(11-3-1)23-21-13-7-6-12-19(21)20-14-16-8-4-5-9-17(16)15-22(20)23/h1-14H. The molecule has 4 aromatic carbocycles. The SMILES string of the molecule is [c]1c2ccccc2cc2c3ccccc3n(-c3ccccc3)c12. The second-order valence-corrected chi connectivity index (χ2v) is 5.81. The molecule has 5 aromatic rings. The number of rotatable bonds is 1. The van der Waals surface area contributed by atoms with Crippen LogP contribution in [0, 0.1) is 6.07 Å². The van der Waals surface area contributed by atoms with Gasteiger partial charge in [-0.05, 0) is 35.0 Å². The summed E-state index contributed by atoms with van der Waals surface area (Å²) in [7, 11) is 0. The van der Waals surface area contributed by atoms with Crippen LogP contribution in [0.1, 0.15) is 0 Å². The van der Waals surface area contributed by atoms with Crippen LogP contribution in [0.3, 0.4) is 0 Å². The lowest BCUT2D eigenvalue weighted by atomic mass is 10.1. The van der Waals surface area contributed by atoms with Gasteiger partial charge in [-0.1, -0.05) is 60.7 Å². The van der Waals surface area contributed by atoms with Crippen molar-refractivity contribution in [1.82, 2.24) is 4.57 Å². The first kappa shape index (κ1) is 12.5. The summed E-state index contributed by atoms with van der Waals surface area (Å²) in [4.78, 5) is 0. The Labute approximate surface area is 134 Å². The molecule has 0 unspecified atom stereocenters. The molecule has 0 bridgehead atoms. The van der Waals surface area contributed by atoms with Crippen molar-refractivity contribution in [3.63, 3.8) is 0 Å². The number of hydrogen-bond acceptors (Lipinski definition) is 0. The second-order valence-electron chi connectivity index (χ2n) is 5.81. The first-order valence-corrected chi connectivity index (χ1v) is 7.81. The minimum absolute atomic E-state index is 1.14. The highest BCUT2D eigenvalue weighted by Gasteiger charge is 2.12. The molecule has 5 rings (SSSR count). The van der Waals surface area contributed by atoms with E-state index in [0.717, 1.165) is 10.9 Å². The van der Waals surface area contributed by atoms with Gasteiger partial charge in [0.1, 0.15) is 0 Å². The molecular weight excluding hydrogens is 278 g/mol. The maximum absolute atomic E-state index is 3.63. The first-order chi connectivity index (χ1) is 11.4. The van der Waals surface area contributed by atoms with Crippen molar-refractivity contribution >= 4 is 32.6 Å². The zero-order chi connectivity index (χ0) is 15.2. The predicted octanol–water partition coefficient (Wildman–Crippen LogP) is 5.74. The highest BCUT2D eigenvalue weighted by Crippen LogP contribution is 2.34. The molecule has 23 heavy (non-hydrogen) atoms. The maximum atomic E-state index is 3.63. The van der Waals surface area contributed by atoms with Crippen LogP contribution in [0.4, 0.5) is 0 Å². The Morgan fingerprint density at radius 1 is 0.652 bits per heavy atom. The van der Waals surface area contributed by atoms with E-state index in [2.05, 4.69) is 95.6 Å². The third-order valence-electron chi connectivity index (χ3n) is 4.44. The normalized spacial score (nSPS) is 11.5. The van der Waals surface area contributed by atoms with Crippen LogP contribution in [-0.4, -0.2) is 4.57 Å². The van der Waals surface area contributed by atoms with E-state index in [4.69, 9.17) is 0 Å². The molecule has 0 aliphatic heterocycles. The zero-order valence-electron chi connectivity index (χ0n) is 12.5. The van der Waals surface area contributed by atoms with E-state index >= 15 is 0 Å². The van der Waals surface area contributed by atoms with E-state index < -0.39 is 0 Å². The van der Waals surface area contributed by atoms with Crippen molar-refractivity contribution < 1.29 is 0 Å². The van der Waals surface area contributed by atoms with Crippen LogP contribution < -0.4 is 0 Å². The van der Waals surface area contributed by atoms with E-state index in [-0.39, 0.29) is 0 Å². The summed E-state index contributed by atoms with van der Waals surface area (Å²) in [5, 5.41) is 4.91. The molecule has 0 atom stereocenters. The predicted molar refractivity (Wildman–Crippen MR) is 97.1 cm³/mol. The van der Waals surface area contributed by atoms with Gasteiger partial charge in [-0.2, -0.15) is 0 Å². The van der Waals surface area contributed by atoms with Gasteiger partial charge >= 0.3 is 0 Å². The monoisotopic (exact) mass is 292 g/mol. The third kappa shape index (κ3) is 1.80. The molecule has 0 saturated carbocycles. The van der Waals surface area contributed by atoms with Crippen molar-refractivity contribution in [1.29, 1.82) is 0 Å². The Morgan fingerprint density at radius 2 is 1.39 bits per heavy atom. The number of aromatic nitrogens is 1. The summed E-state index contributed by atoms with van der Waals surface area (Å²) in [6.45, 7) is 0. The van der Waals surface area contributed by atoms with Gasteiger partial charge in [-0.3, -0.25) is 0 Å². The van der Waals surface area contributed by atoms with Gasteiger partial charge in [-0.15, -0.1) is 0 Å². The highest BCUT2D eigenvalue weighted by atomic mass is 15.0. The molecule has 1 heteroatoms. The second kappa shape index (κ2) is 4.72. The number of fused-ring (bicyclic) bond motifs is 4. The number of para-hydroxylation sites is 2. The highest BCUT2D eigenvalue weighted by molar-refractivity contribution is 6.13. The van der Waals surface area contributed by atoms with Crippen molar-refractivity contribution in [2.24, 2.45) is 0 Å². The lowest BCUT2D eigenvalue weighted by Gasteiger charge is -2.07. The molecule has 107 valence electrons. The average molecular weight is 292 g/mol. The molecule has 0 N–H and O–H groups in total. The lowest BCUT2D eigenvalue weighted by molar-refractivity contribution is 1.18. The molecule has 1 nitrogen and oxygen atoms in total. The van der Waals surface area contributed by atoms with E-state index in [1.165, 1.54) is 27.4 Å². The molecule has 0 spiro atoms. The molecule has 0 saturated heterocycles. The minimum atomic E-state index is 1.14. The molecular formula is C22H14N. The topological polar surface area (TPSA) is 4.93 Å². The Bertz CT molecular complexity index is 1150. The quantitative estimate of drug-likeness (QED) is 0.371. The molecule has 0 aliphatic carbocycles. The van der Waals surface area contributed by atoms with Crippen LogP contribution in [0.15, 0.2) is 84.9 Å². The van der Waals surface area contributed by atoms with Crippen molar-refractivity contribution in [3.8, 4) is 5.69 Å². The Kier molecular flexibility index (Phi) is 2.56. The Balaban J connectivity index is 2.03. The lowest BCUT2D eigenvalue weighted by Crippen LogP contribution is -1.93. The van der Waals surface area contributed by atoms with Crippen molar-refractivity contribution in [3.05, 3.63) is 91.0 Å². The van der Waals surface area contributed by atoms with Gasteiger partial charge < -0.3 is 4.57 Å². The van der Waals surface area contributed by atoms with Gasteiger partial charge in [0.2, 0.25) is 0 Å². The van der Waals surface area contributed by atoms with Gasteiger partial charge in [0.15, 0.2) is 0 Å². The summed E-state index contributed by atoms with van der Waals surface area (Å²) in [6, 6.07) is 33.4. The van der Waals surface area contributed by atoms with E-state index in [1.54, 1.807) is 0 Å². The Hall–Kier alpha value is -3.06. The minimum Gasteiger partial charge on any atom is -0.309 e. The smallest absolute Gasteiger partial charge is 0.0626 e. The van der Waals surface area contributed by atoms with Crippen LogP contribution in [0.2, 0.25) is 0 Å². The summed E-state index contributed by atoms with van der Waals surface area (Å²) in [6.07, 6.45) is 0. The summed E-state index contributed by atoms with van der Waals surface area (Å²) in [5.41, 5.74) is 3.53. The molecule has 0 aliphatic rings. The third-order valence-corrected chi connectivity index (χ3v) is 4.44. The van der Waals surface area contributed by atoms with Crippen LogP contribution in [0.25, 0.3) is 38.3 Å². The molecule has 1 aromatic heterocycles. The molecule has 0 amide bonds. The molecule has 0 fully saturated rings. The average Bonchev–Trinajstić information content (AvgIpc) is 2.94. The number of nitrogens with zero attached hydrogens (tertiary/aromatic N) is 1. The van der Waals surface area contributed by atoms with Gasteiger partial charge in [0, 0.05) is 22.5 Å². The summed E-state index contributed by atoms with van der Waals surface area (Å²) < 4.78 is 2.30. The summed E-state index contributed by atoms with van der Waals surface area (Å²) >= 11 is 0. The zero-order valence-corrected chi connectivity index (χ0v) is 12.5. The largest absolute Gasteiger partial charge is 0.309 e. The van der Waals surface area contributed by atoms with E-state index in [0.29, 0.717) is 0 Å². The fourth-order valence-electron chi connectivity index (χ4n) is 3.40. The number of benzene rings is 4. The Morgan fingerprint density at radius 3 is 2.30 bits per heavy atom. The summed E-state index contributed by atoms with van der Waals surface area (Å²) in [5.74, 6) is 0. The molecule has 1 radical (unpaired) electrons. The van der Waals surface area contributed by atoms with Crippen LogP contribution in [-0.2, 0) is 0 Å². The van der Waals surface area contributed by atoms with Crippen LogP contribution >= 0.6 is 0 Å².